The van der Waals surface area contributed by atoms with E-state index in [2.05, 4.69) is 29.2 Å². The van der Waals surface area contributed by atoms with Crippen LogP contribution in [-0.4, -0.2) is 23.1 Å². The highest BCUT2D eigenvalue weighted by atomic mass is 16.3. The zero-order valence-corrected chi connectivity index (χ0v) is 12.5. The number of phenols is 1. The average Bonchev–Trinajstić information content (AvgIpc) is 2.53. The molecule has 0 unspecified atom stereocenters. The van der Waals surface area contributed by atoms with E-state index < -0.39 is 0 Å². The number of aromatic hydroxyl groups is 1. The van der Waals surface area contributed by atoms with Gasteiger partial charge in [0.15, 0.2) is 0 Å². The Hall–Kier alpha value is -1.80. The van der Waals surface area contributed by atoms with Crippen LogP contribution in [0.1, 0.15) is 29.5 Å². The molecule has 0 aromatic heterocycles. The minimum atomic E-state index is 0.353. The highest BCUT2D eigenvalue weighted by Crippen LogP contribution is 2.19. The summed E-state index contributed by atoms with van der Waals surface area (Å²) in [6, 6.07) is 16.4. The maximum Gasteiger partial charge on any atom is 0.115 e. The lowest BCUT2D eigenvalue weighted by molar-refractivity contribution is 0.249. The monoisotopic (exact) mass is 281 g/mol. The topological polar surface area (TPSA) is 23.5 Å². The molecule has 2 aromatic carbocycles. The van der Waals surface area contributed by atoms with Crippen LogP contribution in [0.2, 0.25) is 0 Å². The van der Waals surface area contributed by atoms with Gasteiger partial charge in [0.05, 0.1) is 0 Å². The normalized spacial score (nSPS) is 14.9. The minimum absolute atomic E-state index is 0.353. The summed E-state index contributed by atoms with van der Waals surface area (Å²) in [7, 11) is 0. The van der Waals surface area contributed by atoms with Crippen LogP contribution < -0.4 is 0 Å². The van der Waals surface area contributed by atoms with Crippen molar-refractivity contribution in [2.45, 2.75) is 32.2 Å². The molecule has 0 amide bonds. The number of aryl methyl sites for hydroxylation is 1. The van der Waals surface area contributed by atoms with Crippen LogP contribution >= 0.6 is 0 Å². The number of nitrogens with zero attached hydrogens (tertiary/aromatic N) is 1. The average molecular weight is 281 g/mol. The Morgan fingerprint density at radius 2 is 1.67 bits per heavy atom. The van der Waals surface area contributed by atoms with E-state index in [1.807, 2.05) is 12.1 Å². The summed E-state index contributed by atoms with van der Waals surface area (Å²) in [5, 5.41) is 9.27. The van der Waals surface area contributed by atoms with E-state index in [9.17, 15) is 5.11 Å². The molecule has 110 valence electrons. The van der Waals surface area contributed by atoms with Crippen molar-refractivity contribution in [3.05, 3.63) is 65.2 Å². The molecule has 3 rings (SSSR count). The predicted molar refractivity (Wildman–Crippen MR) is 86.5 cm³/mol. The molecule has 2 heteroatoms. The first-order valence-electron chi connectivity index (χ1n) is 7.88. The highest BCUT2D eigenvalue weighted by molar-refractivity contribution is 5.29. The predicted octanol–water partition coefficient (Wildman–Crippen LogP) is 3.77. The van der Waals surface area contributed by atoms with Crippen LogP contribution in [0.25, 0.3) is 0 Å². The largest absolute Gasteiger partial charge is 0.508 e. The zero-order valence-electron chi connectivity index (χ0n) is 12.5. The Bertz CT molecular complexity index is 576. The van der Waals surface area contributed by atoms with E-state index >= 15 is 0 Å². The molecule has 0 radical (unpaired) electrons. The number of hydrogen-bond acceptors (Lipinski definition) is 2. The molecule has 21 heavy (non-hydrogen) atoms. The fourth-order valence-electron chi connectivity index (χ4n) is 3.07. The van der Waals surface area contributed by atoms with E-state index in [1.54, 1.807) is 12.1 Å². The highest BCUT2D eigenvalue weighted by Gasteiger charge is 2.14. The molecule has 1 aliphatic rings. The van der Waals surface area contributed by atoms with Gasteiger partial charge in [0, 0.05) is 13.1 Å². The van der Waals surface area contributed by atoms with Gasteiger partial charge in [-0.15, -0.1) is 0 Å². The summed E-state index contributed by atoms with van der Waals surface area (Å²) < 4.78 is 0. The molecule has 1 N–H and O–H groups in total. The van der Waals surface area contributed by atoms with Crippen molar-refractivity contribution in [1.29, 1.82) is 0 Å². The molecule has 0 fully saturated rings. The first kappa shape index (κ1) is 14.2. The van der Waals surface area contributed by atoms with Gasteiger partial charge >= 0.3 is 0 Å². The summed E-state index contributed by atoms with van der Waals surface area (Å²) in [4.78, 5) is 2.57. The van der Waals surface area contributed by atoms with Crippen LogP contribution in [0.4, 0.5) is 0 Å². The molecule has 0 aliphatic carbocycles. The smallest absolute Gasteiger partial charge is 0.115 e. The van der Waals surface area contributed by atoms with Gasteiger partial charge < -0.3 is 5.11 Å². The second-order valence-corrected chi connectivity index (χ2v) is 5.92. The van der Waals surface area contributed by atoms with Gasteiger partial charge in [0.25, 0.3) is 0 Å². The summed E-state index contributed by atoms with van der Waals surface area (Å²) in [6.45, 7) is 3.48. The van der Waals surface area contributed by atoms with E-state index in [0.717, 1.165) is 13.0 Å². The lowest BCUT2D eigenvalue weighted by Gasteiger charge is -2.28. The minimum Gasteiger partial charge on any atom is -0.508 e. The molecule has 0 spiro atoms. The third kappa shape index (κ3) is 3.85. The van der Waals surface area contributed by atoms with Gasteiger partial charge in [-0.3, -0.25) is 4.90 Å². The number of phenolic OH excluding ortho intramolecular Hbond substituents is 1. The van der Waals surface area contributed by atoms with E-state index in [-0.39, 0.29) is 0 Å². The Labute approximate surface area is 127 Å². The third-order valence-corrected chi connectivity index (χ3v) is 4.34. The van der Waals surface area contributed by atoms with Crippen LogP contribution in [0.5, 0.6) is 5.75 Å². The number of benzene rings is 2. The molecule has 0 saturated heterocycles. The Balaban J connectivity index is 1.41. The third-order valence-electron chi connectivity index (χ3n) is 4.34. The molecule has 1 aliphatic heterocycles. The lowest BCUT2D eigenvalue weighted by Crippen LogP contribution is -2.31. The maximum absolute atomic E-state index is 9.27. The first-order chi connectivity index (χ1) is 10.3. The van der Waals surface area contributed by atoms with Gasteiger partial charge in [-0.2, -0.15) is 0 Å². The molecular weight excluding hydrogens is 258 g/mol. The second-order valence-electron chi connectivity index (χ2n) is 5.92. The number of rotatable bonds is 5. The number of unbranched alkanes of at least 4 members (excludes halogenated alkanes) is 1. The van der Waals surface area contributed by atoms with Gasteiger partial charge in [0.2, 0.25) is 0 Å². The summed E-state index contributed by atoms with van der Waals surface area (Å²) in [5.74, 6) is 0.353. The van der Waals surface area contributed by atoms with Crippen molar-refractivity contribution >= 4 is 0 Å². The fraction of sp³-hybridized carbons (Fsp3) is 0.368. The van der Waals surface area contributed by atoms with E-state index in [4.69, 9.17) is 0 Å². The van der Waals surface area contributed by atoms with Crippen molar-refractivity contribution in [3.8, 4) is 5.75 Å². The summed E-state index contributed by atoms with van der Waals surface area (Å²) in [6.07, 6.45) is 4.74. The molecule has 0 saturated carbocycles. The zero-order chi connectivity index (χ0) is 14.5. The van der Waals surface area contributed by atoms with Crippen LogP contribution in [-0.2, 0) is 19.4 Å². The van der Waals surface area contributed by atoms with Crippen molar-refractivity contribution < 1.29 is 5.11 Å². The van der Waals surface area contributed by atoms with Crippen molar-refractivity contribution in [1.82, 2.24) is 4.90 Å². The Kier molecular flexibility index (Phi) is 4.56. The van der Waals surface area contributed by atoms with Crippen LogP contribution in [0.3, 0.4) is 0 Å². The second kappa shape index (κ2) is 6.77. The molecule has 1 heterocycles. The molecule has 2 aromatic rings. The summed E-state index contributed by atoms with van der Waals surface area (Å²) >= 11 is 0. The molecule has 0 atom stereocenters. The van der Waals surface area contributed by atoms with Crippen molar-refractivity contribution in [2.75, 3.05) is 13.1 Å². The Morgan fingerprint density at radius 3 is 2.48 bits per heavy atom. The lowest BCUT2D eigenvalue weighted by atomic mass is 9.99. The van der Waals surface area contributed by atoms with Gasteiger partial charge in [-0.25, -0.2) is 0 Å². The molecule has 0 bridgehead atoms. The van der Waals surface area contributed by atoms with Crippen LogP contribution in [0, 0.1) is 0 Å². The van der Waals surface area contributed by atoms with Crippen molar-refractivity contribution in [3.63, 3.8) is 0 Å². The summed E-state index contributed by atoms with van der Waals surface area (Å²) in [5.41, 5.74) is 4.34. The molecular formula is C19H23NO. The Morgan fingerprint density at radius 1 is 0.905 bits per heavy atom. The van der Waals surface area contributed by atoms with E-state index in [1.165, 1.54) is 49.0 Å². The number of hydrogen-bond donors (Lipinski definition) is 1. The van der Waals surface area contributed by atoms with Gasteiger partial charge in [-0.1, -0.05) is 36.4 Å². The fourth-order valence-corrected chi connectivity index (χ4v) is 3.07. The quantitative estimate of drug-likeness (QED) is 0.843. The first-order valence-corrected chi connectivity index (χ1v) is 7.88. The van der Waals surface area contributed by atoms with Crippen molar-refractivity contribution in [2.24, 2.45) is 0 Å². The molecule has 2 nitrogen and oxygen atoms in total. The van der Waals surface area contributed by atoms with Gasteiger partial charge in [-0.05, 0) is 61.1 Å². The van der Waals surface area contributed by atoms with E-state index in [0.29, 0.717) is 5.75 Å². The standard InChI is InChI=1S/C19H23NO/c21-19-10-8-16(9-11-19)5-3-4-13-20-14-12-17-6-1-2-7-18(17)15-20/h1-2,6-11,21H,3-5,12-15H2. The number of fused-ring (bicyclic) bond motifs is 1. The SMILES string of the molecule is Oc1ccc(CCCCN2CCc3ccccc3C2)cc1. The maximum atomic E-state index is 9.27. The van der Waals surface area contributed by atoms with Crippen LogP contribution in [0.15, 0.2) is 48.5 Å². The van der Waals surface area contributed by atoms with Gasteiger partial charge in [0.1, 0.15) is 5.75 Å².